The molecule has 1 atom stereocenters. The first-order chi connectivity index (χ1) is 9.02. The summed E-state index contributed by atoms with van der Waals surface area (Å²) in [6.45, 7) is 21.7. The second-order valence-corrected chi connectivity index (χ2v) is 19.7. The highest BCUT2D eigenvalue weighted by atomic mass is 28.4. The molecule has 0 saturated heterocycles. The van der Waals surface area contributed by atoms with E-state index in [4.69, 9.17) is 0 Å². The summed E-state index contributed by atoms with van der Waals surface area (Å²) >= 11 is 0. The molecule has 1 saturated carbocycles. The lowest BCUT2D eigenvalue weighted by molar-refractivity contribution is 0.376. The summed E-state index contributed by atoms with van der Waals surface area (Å²) in [6, 6.07) is 0.759. The van der Waals surface area contributed by atoms with E-state index in [1.54, 1.807) is 0 Å². The first-order valence-corrected chi connectivity index (χ1v) is 14.7. The topological polar surface area (TPSA) is 12.0 Å². The van der Waals surface area contributed by atoms with Crippen LogP contribution in [0, 0.1) is 0 Å². The van der Waals surface area contributed by atoms with Crippen LogP contribution in [0.1, 0.15) is 52.9 Å². The van der Waals surface area contributed by atoms with Gasteiger partial charge in [0, 0.05) is 6.04 Å². The maximum atomic E-state index is 4.19. The van der Waals surface area contributed by atoms with Crippen LogP contribution in [0.15, 0.2) is 12.3 Å². The Kier molecular flexibility index (Phi) is 5.90. The van der Waals surface area contributed by atoms with Gasteiger partial charge in [-0.15, -0.1) is 12.3 Å². The highest BCUT2D eigenvalue weighted by molar-refractivity contribution is 7.00. The van der Waals surface area contributed by atoms with Gasteiger partial charge < -0.3 is 5.32 Å². The fourth-order valence-electron chi connectivity index (χ4n) is 3.41. The smallest absolute Gasteiger partial charge is 0.0855 e. The van der Waals surface area contributed by atoms with Crippen molar-refractivity contribution in [3.05, 3.63) is 12.3 Å². The molecule has 0 heterocycles. The summed E-state index contributed by atoms with van der Waals surface area (Å²) in [5.74, 6) is 0. The monoisotopic (exact) mass is 311 g/mol. The van der Waals surface area contributed by atoms with Crippen molar-refractivity contribution >= 4 is 16.1 Å². The van der Waals surface area contributed by atoms with Crippen molar-refractivity contribution in [2.24, 2.45) is 0 Å². The number of nitrogens with one attached hydrogen (secondary N) is 1. The molecule has 0 aromatic heterocycles. The zero-order valence-corrected chi connectivity index (χ0v) is 17.0. The minimum atomic E-state index is -1.42. The molecule has 0 radical (unpaired) electrons. The maximum absolute atomic E-state index is 4.19. The van der Waals surface area contributed by atoms with Crippen molar-refractivity contribution in [3.8, 4) is 0 Å². The van der Waals surface area contributed by atoms with E-state index < -0.39 is 16.1 Å². The van der Waals surface area contributed by atoms with Gasteiger partial charge in [0.15, 0.2) is 0 Å². The Morgan fingerprint density at radius 2 is 1.55 bits per heavy atom. The van der Waals surface area contributed by atoms with E-state index in [0.717, 1.165) is 11.3 Å². The van der Waals surface area contributed by atoms with Crippen molar-refractivity contribution < 1.29 is 0 Å². The minimum absolute atomic E-state index is 0.437. The molecule has 3 heteroatoms. The van der Waals surface area contributed by atoms with Crippen LogP contribution in [0.2, 0.25) is 31.2 Å². The summed E-state index contributed by atoms with van der Waals surface area (Å²) in [6.07, 6.45) is 7.03. The molecule has 1 rings (SSSR count). The van der Waals surface area contributed by atoms with Crippen LogP contribution in [0.25, 0.3) is 0 Å². The Labute approximate surface area is 129 Å². The molecule has 0 aromatic rings. The summed E-state index contributed by atoms with van der Waals surface area (Å²) < 4.78 is 0. The fourth-order valence-corrected chi connectivity index (χ4v) is 14.9. The third-order valence-electron chi connectivity index (χ3n) is 5.93. The first-order valence-electron chi connectivity index (χ1n) is 8.42. The normalized spacial score (nSPS) is 20.8. The van der Waals surface area contributed by atoms with Gasteiger partial charge in [-0.05, 0) is 23.2 Å². The van der Waals surface area contributed by atoms with Crippen LogP contribution in [-0.4, -0.2) is 27.5 Å². The van der Waals surface area contributed by atoms with Crippen LogP contribution in [-0.2, 0) is 0 Å². The lowest BCUT2D eigenvalue weighted by Crippen LogP contribution is -2.68. The average molecular weight is 312 g/mol. The SMILES string of the molecule is C=C[Si](C)(C)C(NC1CCCCC1)[Si](C)(C)C(C)(C)C. The molecule has 0 spiro atoms. The lowest BCUT2D eigenvalue weighted by Gasteiger charge is -2.50. The third-order valence-corrected chi connectivity index (χ3v) is 18.5. The first kappa shape index (κ1) is 18.2. The van der Waals surface area contributed by atoms with E-state index in [2.05, 4.69) is 64.6 Å². The van der Waals surface area contributed by atoms with Gasteiger partial charge in [0.2, 0.25) is 0 Å². The maximum Gasteiger partial charge on any atom is 0.0855 e. The molecule has 1 aliphatic rings. The number of hydrogen-bond donors (Lipinski definition) is 1. The van der Waals surface area contributed by atoms with Gasteiger partial charge in [-0.25, -0.2) is 0 Å². The highest BCUT2D eigenvalue weighted by Crippen LogP contribution is 2.41. The van der Waals surface area contributed by atoms with Crippen molar-refractivity contribution in [3.63, 3.8) is 0 Å². The van der Waals surface area contributed by atoms with Gasteiger partial charge in [0.05, 0.1) is 16.1 Å². The van der Waals surface area contributed by atoms with Crippen LogP contribution in [0.3, 0.4) is 0 Å². The van der Waals surface area contributed by atoms with E-state index in [9.17, 15) is 0 Å². The number of rotatable bonds is 5. The lowest BCUT2D eigenvalue weighted by atomic mass is 9.96. The third kappa shape index (κ3) is 4.08. The molecular formula is C17H37NSi2. The molecule has 1 unspecified atom stereocenters. The Hall–Kier alpha value is 0.134. The molecule has 0 aliphatic heterocycles. The molecule has 0 amide bonds. The molecule has 0 aromatic carbocycles. The van der Waals surface area contributed by atoms with E-state index in [0.29, 0.717) is 5.04 Å². The molecule has 1 fully saturated rings. The van der Waals surface area contributed by atoms with E-state index in [1.807, 2.05) is 0 Å². The van der Waals surface area contributed by atoms with E-state index in [-0.39, 0.29) is 0 Å². The van der Waals surface area contributed by atoms with Gasteiger partial charge in [-0.2, -0.15) is 0 Å². The van der Waals surface area contributed by atoms with Crippen LogP contribution in [0.4, 0.5) is 0 Å². The second kappa shape index (κ2) is 6.49. The zero-order chi connectivity index (χ0) is 15.6. The summed E-state index contributed by atoms with van der Waals surface area (Å²) in [4.78, 5) is 0. The van der Waals surface area contributed by atoms with Gasteiger partial charge in [-0.3, -0.25) is 0 Å². The second-order valence-electron chi connectivity index (χ2n) is 8.93. The Bertz CT molecular complexity index is 322. The Balaban J connectivity index is 2.99. The summed E-state index contributed by atoms with van der Waals surface area (Å²) in [5, 5.41) is 5.32. The van der Waals surface area contributed by atoms with Gasteiger partial charge in [-0.1, -0.05) is 66.2 Å². The quantitative estimate of drug-likeness (QED) is 0.680. The Morgan fingerprint density at radius 1 is 1.05 bits per heavy atom. The van der Waals surface area contributed by atoms with Crippen molar-refractivity contribution in [1.29, 1.82) is 0 Å². The van der Waals surface area contributed by atoms with Crippen molar-refractivity contribution in [1.82, 2.24) is 5.32 Å². The van der Waals surface area contributed by atoms with E-state index in [1.165, 1.54) is 32.1 Å². The molecule has 20 heavy (non-hydrogen) atoms. The number of hydrogen-bond acceptors (Lipinski definition) is 1. The van der Waals surface area contributed by atoms with Crippen LogP contribution >= 0.6 is 0 Å². The Morgan fingerprint density at radius 3 is 1.95 bits per heavy atom. The molecule has 1 nitrogen and oxygen atoms in total. The molecule has 0 bridgehead atoms. The highest BCUT2D eigenvalue weighted by Gasteiger charge is 2.48. The molecule has 118 valence electrons. The predicted octanol–water partition coefficient (Wildman–Crippen LogP) is 5.30. The standard InChI is InChI=1S/C17H37NSi2/c1-9-19(5,6)16(20(7,8)17(2,3)4)18-15-13-11-10-12-14-15/h9,15-16,18H,1,10-14H2,2-8H3. The van der Waals surface area contributed by atoms with Gasteiger partial charge >= 0.3 is 0 Å². The van der Waals surface area contributed by atoms with Crippen molar-refractivity contribution in [2.45, 2.75) is 95.4 Å². The van der Waals surface area contributed by atoms with Gasteiger partial charge in [0.1, 0.15) is 0 Å². The zero-order valence-electron chi connectivity index (χ0n) is 15.0. The fraction of sp³-hybridized carbons (Fsp3) is 0.882. The summed E-state index contributed by atoms with van der Waals surface area (Å²) in [5.41, 5.74) is 2.31. The predicted molar refractivity (Wildman–Crippen MR) is 98.7 cm³/mol. The molecule has 1 N–H and O–H groups in total. The van der Waals surface area contributed by atoms with Gasteiger partial charge in [0.25, 0.3) is 0 Å². The largest absolute Gasteiger partial charge is 0.316 e. The molecular weight excluding hydrogens is 274 g/mol. The van der Waals surface area contributed by atoms with Crippen molar-refractivity contribution in [2.75, 3.05) is 0 Å². The summed E-state index contributed by atoms with van der Waals surface area (Å²) in [7, 11) is -2.82. The average Bonchev–Trinajstić information content (AvgIpc) is 2.35. The molecule has 1 aliphatic carbocycles. The van der Waals surface area contributed by atoms with Crippen LogP contribution < -0.4 is 5.32 Å². The van der Waals surface area contributed by atoms with Crippen LogP contribution in [0.5, 0.6) is 0 Å². The minimum Gasteiger partial charge on any atom is -0.316 e. The van der Waals surface area contributed by atoms with E-state index >= 15 is 0 Å².